The normalized spacial score (nSPS) is 17.1. The van der Waals surface area contributed by atoms with E-state index in [2.05, 4.69) is 20.3 Å². The van der Waals surface area contributed by atoms with Crippen LogP contribution in [0.3, 0.4) is 0 Å². The van der Waals surface area contributed by atoms with E-state index in [1.165, 1.54) is 29.7 Å². The van der Waals surface area contributed by atoms with Gasteiger partial charge in [0, 0.05) is 19.2 Å². The molecule has 43 heavy (non-hydrogen) atoms. The molecule has 0 spiro atoms. The van der Waals surface area contributed by atoms with Crippen molar-refractivity contribution in [2.24, 2.45) is 0 Å². The van der Waals surface area contributed by atoms with Gasteiger partial charge in [-0.25, -0.2) is 36.9 Å². The first kappa shape index (κ1) is 32.5. The van der Waals surface area contributed by atoms with Gasteiger partial charge in [0.25, 0.3) is 15.9 Å². The summed E-state index contributed by atoms with van der Waals surface area (Å²) in [5.74, 6) is -6.65. The molecule has 1 saturated heterocycles. The van der Waals surface area contributed by atoms with E-state index in [0.717, 1.165) is 11.0 Å². The average Bonchev–Trinajstić information content (AvgIpc) is 3.23. The number of aryl methyl sites for hydroxylation is 1. The second-order valence-electron chi connectivity index (χ2n) is 10.5. The van der Waals surface area contributed by atoms with Crippen LogP contribution in [0.2, 0.25) is 5.02 Å². The molecule has 234 valence electrons. The number of carbonyl (C=O) groups is 1. The van der Waals surface area contributed by atoms with Crippen molar-refractivity contribution < 1.29 is 40.2 Å². The number of ether oxygens (including phenoxy) is 2. The van der Waals surface area contributed by atoms with Gasteiger partial charge < -0.3 is 19.7 Å². The summed E-state index contributed by atoms with van der Waals surface area (Å²) in [6.07, 6.45) is -0.00327. The van der Waals surface area contributed by atoms with Crippen molar-refractivity contribution in [3.63, 3.8) is 0 Å². The summed E-state index contributed by atoms with van der Waals surface area (Å²) in [5.41, 5.74) is -0.714. The Kier molecular flexibility index (Phi) is 9.27. The van der Waals surface area contributed by atoms with E-state index in [9.17, 15) is 30.8 Å². The number of carbonyl (C=O) groups excluding carboxylic acids is 1. The molecular formula is C25H27ClF4N6O5S2. The minimum absolute atomic E-state index is 0.0232. The summed E-state index contributed by atoms with van der Waals surface area (Å²) in [5, 5.41) is 3.36. The van der Waals surface area contributed by atoms with E-state index in [-0.39, 0.29) is 34.8 Å². The Balaban J connectivity index is 1.52. The van der Waals surface area contributed by atoms with Gasteiger partial charge >= 0.3 is 11.9 Å². The van der Waals surface area contributed by atoms with E-state index in [4.69, 9.17) is 21.1 Å². The maximum atomic E-state index is 14.6. The zero-order valence-corrected chi connectivity index (χ0v) is 25.6. The molecule has 1 aliphatic rings. The van der Waals surface area contributed by atoms with Gasteiger partial charge in [0.05, 0.1) is 34.0 Å². The number of piperidine rings is 1. The Morgan fingerprint density at radius 1 is 1.23 bits per heavy atom. The second-order valence-corrected chi connectivity index (χ2v) is 13.8. The predicted molar refractivity (Wildman–Crippen MR) is 153 cm³/mol. The third kappa shape index (κ3) is 8.57. The number of sulfonamides is 1. The van der Waals surface area contributed by atoms with Crippen molar-refractivity contribution in [1.82, 2.24) is 19.9 Å². The van der Waals surface area contributed by atoms with Crippen molar-refractivity contribution in [3.05, 3.63) is 40.5 Å². The van der Waals surface area contributed by atoms with Crippen LogP contribution in [0.4, 0.5) is 34.0 Å². The number of hydrogen-bond acceptors (Lipinski definition) is 10. The van der Waals surface area contributed by atoms with Crippen LogP contribution in [-0.4, -0.2) is 70.8 Å². The minimum Gasteiger partial charge on any atom is -0.444 e. The largest absolute Gasteiger partial charge is 0.444 e. The number of likely N-dealkylation sites (tertiary alicyclic amines) is 1. The number of anilines is 2. The van der Waals surface area contributed by atoms with E-state index < -0.39 is 52.4 Å². The fourth-order valence-corrected chi connectivity index (χ4v) is 5.58. The number of halogens is 5. The molecule has 1 amide bonds. The first-order valence-corrected chi connectivity index (χ1v) is 15.4. The molecule has 1 fully saturated rings. The van der Waals surface area contributed by atoms with Crippen LogP contribution in [0.15, 0.2) is 30.5 Å². The van der Waals surface area contributed by atoms with E-state index in [1.807, 2.05) is 0 Å². The number of benzene rings is 1. The Morgan fingerprint density at radius 3 is 2.60 bits per heavy atom. The van der Waals surface area contributed by atoms with Crippen LogP contribution in [0.25, 0.3) is 10.6 Å². The predicted octanol–water partition coefficient (Wildman–Crippen LogP) is 6.38. The monoisotopic (exact) mass is 666 g/mol. The lowest BCUT2D eigenvalue weighted by Gasteiger charge is -2.38. The number of rotatable bonds is 8. The molecule has 0 bridgehead atoms. The molecule has 3 heterocycles. The highest BCUT2D eigenvalue weighted by atomic mass is 35.5. The molecule has 1 aromatic carbocycles. The first-order valence-electron chi connectivity index (χ1n) is 12.6. The molecule has 0 saturated carbocycles. The summed E-state index contributed by atoms with van der Waals surface area (Å²) in [4.78, 5) is 26.8. The molecule has 11 nitrogen and oxygen atoms in total. The standard InChI is InChI=1S/C25H27ClF4N6O5S2/c1-13-32-20(40-18-6-5-14(9-16(18)26)35-43(38,39)21(27)28)19(42-13)17-7-8-31-22(34-17)33-15-10-25(29,30)12-36(11-15)23(37)41-24(2,3)4/h5-9,15,21,35H,10-12H2,1-4H3,(H,31,33,34)/t15-/m0/s1. The Morgan fingerprint density at radius 2 is 1.95 bits per heavy atom. The fraction of sp³-hybridized carbons (Fsp3) is 0.440. The van der Waals surface area contributed by atoms with Gasteiger partial charge in [0.1, 0.15) is 16.2 Å². The number of amides is 1. The third-order valence-corrected chi connectivity index (χ3v) is 7.88. The Bertz CT molecular complexity index is 1600. The van der Waals surface area contributed by atoms with Crippen LogP contribution in [0.1, 0.15) is 32.2 Å². The molecular weight excluding hydrogens is 640 g/mol. The summed E-state index contributed by atoms with van der Waals surface area (Å²) >= 11 is 7.42. The van der Waals surface area contributed by atoms with E-state index in [0.29, 0.717) is 15.6 Å². The maximum Gasteiger partial charge on any atom is 0.410 e. The van der Waals surface area contributed by atoms with Crippen LogP contribution in [0.5, 0.6) is 11.6 Å². The second kappa shape index (κ2) is 12.3. The highest BCUT2D eigenvalue weighted by Crippen LogP contribution is 2.40. The molecule has 4 rings (SSSR count). The molecule has 1 aliphatic heterocycles. The number of hydrogen-bond donors (Lipinski definition) is 2. The highest BCUT2D eigenvalue weighted by Gasteiger charge is 2.43. The van der Waals surface area contributed by atoms with Crippen molar-refractivity contribution in [3.8, 4) is 22.2 Å². The van der Waals surface area contributed by atoms with Crippen LogP contribution in [0, 0.1) is 6.92 Å². The summed E-state index contributed by atoms with van der Waals surface area (Å²) in [6, 6.07) is 4.23. The number of alkyl halides is 4. The van der Waals surface area contributed by atoms with Crippen LogP contribution < -0.4 is 14.8 Å². The third-order valence-electron chi connectivity index (χ3n) is 5.62. The van der Waals surface area contributed by atoms with Gasteiger partial charge in [-0.15, -0.1) is 11.3 Å². The Labute approximate surface area is 253 Å². The van der Waals surface area contributed by atoms with E-state index >= 15 is 0 Å². The van der Waals surface area contributed by atoms with Crippen molar-refractivity contribution in [1.29, 1.82) is 0 Å². The van der Waals surface area contributed by atoms with Gasteiger partial charge in [-0.2, -0.15) is 8.78 Å². The first-order chi connectivity index (χ1) is 19.9. The summed E-state index contributed by atoms with van der Waals surface area (Å²) in [7, 11) is -4.90. The average molecular weight is 667 g/mol. The van der Waals surface area contributed by atoms with Gasteiger partial charge in [0.2, 0.25) is 11.8 Å². The fourth-order valence-electron chi connectivity index (χ4n) is 4.00. The lowest BCUT2D eigenvalue weighted by Crippen LogP contribution is -2.54. The number of aromatic nitrogens is 3. The van der Waals surface area contributed by atoms with Crippen molar-refractivity contribution >= 4 is 50.7 Å². The molecule has 1 atom stereocenters. The van der Waals surface area contributed by atoms with Crippen LogP contribution in [-0.2, 0) is 14.8 Å². The van der Waals surface area contributed by atoms with Crippen molar-refractivity contribution in [2.45, 2.75) is 57.4 Å². The lowest BCUT2D eigenvalue weighted by atomic mass is 10.0. The zero-order valence-electron chi connectivity index (χ0n) is 23.2. The van der Waals surface area contributed by atoms with Gasteiger partial charge in [-0.3, -0.25) is 4.72 Å². The highest BCUT2D eigenvalue weighted by molar-refractivity contribution is 7.93. The molecule has 0 unspecified atom stereocenters. The summed E-state index contributed by atoms with van der Waals surface area (Å²) in [6.45, 7) is 5.80. The molecule has 18 heteroatoms. The van der Waals surface area contributed by atoms with Gasteiger partial charge in [0.15, 0.2) is 0 Å². The SMILES string of the molecule is Cc1nc(Oc2ccc(NS(=O)(=O)C(F)F)cc2Cl)c(-c2ccnc(N[C@@H]3CN(C(=O)OC(C)(C)C)CC(F)(F)C3)n2)s1. The topological polar surface area (TPSA) is 136 Å². The number of nitrogens with zero attached hydrogens (tertiary/aromatic N) is 4. The van der Waals surface area contributed by atoms with Gasteiger partial charge in [-0.05, 0) is 52.0 Å². The Hall–Kier alpha value is -3.44. The molecule has 2 aromatic heterocycles. The number of nitrogens with one attached hydrogen (secondary N) is 2. The number of thiazole rings is 1. The van der Waals surface area contributed by atoms with Crippen molar-refractivity contribution in [2.75, 3.05) is 23.1 Å². The molecule has 3 aromatic rings. The quantitative estimate of drug-likeness (QED) is 0.263. The smallest absolute Gasteiger partial charge is 0.410 e. The van der Waals surface area contributed by atoms with E-state index in [1.54, 1.807) is 38.5 Å². The minimum atomic E-state index is -4.90. The summed E-state index contributed by atoms with van der Waals surface area (Å²) < 4.78 is 90.2. The van der Waals surface area contributed by atoms with Gasteiger partial charge in [-0.1, -0.05) is 11.6 Å². The molecule has 0 aliphatic carbocycles. The molecule has 2 N–H and O–H groups in total. The maximum absolute atomic E-state index is 14.6. The lowest BCUT2D eigenvalue weighted by molar-refractivity contribution is -0.0723. The van der Waals surface area contributed by atoms with Crippen LogP contribution >= 0.6 is 22.9 Å². The zero-order chi connectivity index (χ0) is 31.7. The molecule has 0 radical (unpaired) electrons.